The molecule has 3 saturated heterocycles. The average molecular weight is 480 g/mol. The molecular weight excluding hydrogens is 451 g/mol. The summed E-state index contributed by atoms with van der Waals surface area (Å²) in [4.78, 5) is 36.6. The summed E-state index contributed by atoms with van der Waals surface area (Å²) in [5.74, 6) is 0.283. The molecule has 1 aromatic rings. The molecule has 1 spiro atoms. The second-order valence-electron chi connectivity index (χ2n) is 10.8. The summed E-state index contributed by atoms with van der Waals surface area (Å²) < 4.78 is 45.3. The number of carbonyl (C=O) groups excluding carboxylic acids is 2. The lowest BCUT2D eigenvalue weighted by atomic mass is 9.57. The Morgan fingerprint density at radius 1 is 1.18 bits per heavy atom. The molecule has 5 fully saturated rings. The van der Waals surface area contributed by atoms with Crippen LogP contribution in [0.15, 0.2) is 12.4 Å². The Morgan fingerprint density at radius 2 is 1.94 bits per heavy atom. The van der Waals surface area contributed by atoms with Gasteiger partial charge in [0.1, 0.15) is 12.0 Å². The van der Waals surface area contributed by atoms with Gasteiger partial charge in [0, 0.05) is 44.0 Å². The van der Waals surface area contributed by atoms with Crippen LogP contribution in [-0.4, -0.2) is 82.8 Å². The summed E-state index contributed by atoms with van der Waals surface area (Å²) >= 11 is 0. The molecule has 34 heavy (non-hydrogen) atoms. The first kappa shape index (κ1) is 22.1. The summed E-state index contributed by atoms with van der Waals surface area (Å²) in [6.07, 6.45) is 2.10. The van der Waals surface area contributed by atoms with E-state index in [9.17, 15) is 22.8 Å². The molecule has 0 bridgehead atoms. The van der Waals surface area contributed by atoms with Gasteiger partial charge in [0.25, 0.3) is 0 Å². The molecule has 6 rings (SSSR count). The van der Waals surface area contributed by atoms with Crippen LogP contribution in [0.2, 0.25) is 0 Å². The molecule has 3 amide bonds. The van der Waals surface area contributed by atoms with Gasteiger partial charge in [-0.05, 0) is 44.4 Å². The summed E-state index contributed by atoms with van der Waals surface area (Å²) in [5.41, 5.74) is -0.868. The van der Waals surface area contributed by atoms with Crippen molar-refractivity contribution in [2.24, 2.45) is 11.3 Å². The Bertz CT molecular complexity index is 983. The minimum absolute atomic E-state index is 0.0164. The molecule has 184 valence electrons. The van der Waals surface area contributed by atoms with E-state index in [0.717, 1.165) is 38.0 Å². The van der Waals surface area contributed by atoms with Crippen LogP contribution in [0.25, 0.3) is 0 Å². The minimum atomic E-state index is -4.27. The van der Waals surface area contributed by atoms with Crippen molar-refractivity contribution in [3.05, 3.63) is 23.8 Å². The number of piperidine rings is 1. The minimum Gasteiger partial charge on any atom is -0.366 e. The maximum Gasteiger partial charge on any atom is 0.400 e. The number of hydrogen-bond donors (Lipinski definition) is 1. The number of nitrogens with one attached hydrogen (secondary N) is 1. The van der Waals surface area contributed by atoms with Crippen molar-refractivity contribution in [2.75, 3.05) is 32.8 Å². The van der Waals surface area contributed by atoms with Crippen molar-refractivity contribution < 1.29 is 27.5 Å². The van der Waals surface area contributed by atoms with Crippen LogP contribution in [-0.2, 0) is 21.4 Å². The first-order chi connectivity index (χ1) is 16.2. The van der Waals surface area contributed by atoms with Crippen molar-refractivity contribution in [3.8, 4) is 0 Å². The highest BCUT2D eigenvalue weighted by atomic mass is 19.4. The molecular formula is C23H28F3N5O3. The zero-order valence-electron chi connectivity index (χ0n) is 18.8. The van der Waals surface area contributed by atoms with Gasteiger partial charge in [0.15, 0.2) is 0 Å². The predicted molar refractivity (Wildman–Crippen MR) is 113 cm³/mol. The molecule has 1 N–H and O–H groups in total. The third-order valence-corrected chi connectivity index (χ3v) is 8.35. The maximum atomic E-state index is 13.3. The van der Waals surface area contributed by atoms with Gasteiger partial charge in [0.05, 0.1) is 23.5 Å². The molecule has 11 heteroatoms. The number of aromatic nitrogens is 2. The molecule has 4 heterocycles. The van der Waals surface area contributed by atoms with E-state index in [1.807, 2.05) is 9.80 Å². The fraction of sp³-hybridized carbons (Fsp3) is 0.739. The molecule has 5 aliphatic rings. The number of nitrogens with zero attached hydrogens (tertiary/aromatic N) is 4. The standard InChI is InChI=1S/C23H28F3N5O3/c24-23(25,26)22(2-3-22)18-9-27-15(8-28-18)5-14-6-21(7-14)12-31(13-21)20(33)30-4-1-17-16(10-30)29-19(32)11-34-17/h8-9,14,16-17H,1-7,10-13H2,(H,29,32)/t16-,17+/m1/s1. The van der Waals surface area contributed by atoms with E-state index < -0.39 is 11.6 Å². The van der Waals surface area contributed by atoms with Crippen LogP contribution in [0.4, 0.5) is 18.0 Å². The molecule has 3 aliphatic heterocycles. The van der Waals surface area contributed by atoms with Crippen molar-refractivity contribution >= 4 is 11.9 Å². The number of amides is 3. The Morgan fingerprint density at radius 3 is 2.59 bits per heavy atom. The van der Waals surface area contributed by atoms with Crippen LogP contribution >= 0.6 is 0 Å². The quantitative estimate of drug-likeness (QED) is 0.717. The van der Waals surface area contributed by atoms with Gasteiger partial charge < -0.3 is 19.9 Å². The maximum absolute atomic E-state index is 13.3. The lowest BCUT2D eigenvalue weighted by Gasteiger charge is -2.60. The number of likely N-dealkylation sites (tertiary alicyclic amines) is 2. The lowest BCUT2D eigenvalue weighted by molar-refractivity contribution is -0.161. The number of morpholine rings is 1. The number of alkyl halides is 3. The Labute approximate surface area is 195 Å². The Kier molecular flexibility index (Phi) is 4.89. The molecule has 8 nitrogen and oxygen atoms in total. The topological polar surface area (TPSA) is 87.7 Å². The van der Waals surface area contributed by atoms with Crippen LogP contribution in [0.3, 0.4) is 0 Å². The van der Waals surface area contributed by atoms with Gasteiger partial charge in [-0.2, -0.15) is 13.2 Å². The zero-order chi connectivity index (χ0) is 23.7. The summed E-state index contributed by atoms with van der Waals surface area (Å²) in [5, 5.41) is 2.92. The number of fused-ring (bicyclic) bond motifs is 1. The largest absolute Gasteiger partial charge is 0.400 e. The van der Waals surface area contributed by atoms with Crippen LogP contribution in [0.5, 0.6) is 0 Å². The summed E-state index contributed by atoms with van der Waals surface area (Å²) in [7, 11) is 0. The molecule has 0 radical (unpaired) electrons. The third kappa shape index (κ3) is 3.63. The van der Waals surface area contributed by atoms with Gasteiger partial charge in [-0.25, -0.2) is 4.79 Å². The summed E-state index contributed by atoms with van der Waals surface area (Å²) in [6, 6.07) is -0.117. The first-order valence-corrected chi connectivity index (χ1v) is 12.0. The van der Waals surface area contributed by atoms with E-state index in [1.54, 1.807) is 0 Å². The third-order valence-electron chi connectivity index (χ3n) is 8.35. The zero-order valence-corrected chi connectivity index (χ0v) is 18.8. The predicted octanol–water partition coefficient (Wildman–Crippen LogP) is 2.03. The van der Waals surface area contributed by atoms with Gasteiger partial charge in [0.2, 0.25) is 5.91 Å². The van der Waals surface area contributed by atoms with Crippen LogP contribution in [0, 0.1) is 11.3 Å². The highest BCUT2D eigenvalue weighted by Crippen LogP contribution is 2.58. The fourth-order valence-electron chi connectivity index (χ4n) is 6.35. The number of hydrogen-bond acceptors (Lipinski definition) is 5. The average Bonchev–Trinajstić information content (AvgIpc) is 3.56. The Balaban J connectivity index is 0.972. The van der Waals surface area contributed by atoms with E-state index in [2.05, 4.69) is 15.3 Å². The Hall–Kier alpha value is -2.43. The molecule has 2 saturated carbocycles. The van der Waals surface area contributed by atoms with Gasteiger partial charge >= 0.3 is 12.2 Å². The molecule has 0 unspecified atom stereocenters. The molecule has 0 aromatic carbocycles. The smallest absolute Gasteiger partial charge is 0.366 e. The summed E-state index contributed by atoms with van der Waals surface area (Å²) in [6.45, 7) is 2.66. The lowest BCUT2D eigenvalue weighted by Crippen LogP contribution is -2.68. The van der Waals surface area contributed by atoms with Crippen molar-refractivity contribution in [1.29, 1.82) is 0 Å². The molecule has 1 aromatic heterocycles. The normalized spacial score (nSPS) is 29.7. The number of ether oxygens (including phenoxy) is 1. The number of rotatable bonds is 3. The SMILES string of the molecule is O=C1CO[C@H]2CCN(C(=O)N3CC4(CC(Cc5cnc(C6(C(F)(F)F)CC6)cn5)C4)C3)C[C@H]2N1. The monoisotopic (exact) mass is 479 g/mol. The number of halogens is 3. The van der Waals surface area contributed by atoms with E-state index in [-0.39, 0.29) is 54.6 Å². The van der Waals surface area contributed by atoms with E-state index >= 15 is 0 Å². The van der Waals surface area contributed by atoms with Gasteiger partial charge in [-0.15, -0.1) is 0 Å². The van der Waals surface area contributed by atoms with Crippen molar-refractivity contribution in [1.82, 2.24) is 25.1 Å². The van der Waals surface area contributed by atoms with Crippen LogP contribution < -0.4 is 5.32 Å². The fourth-order valence-corrected chi connectivity index (χ4v) is 6.35. The van der Waals surface area contributed by atoms with E-state index in [0.29, 0.717) is 25.4 Å². The van der Waals surface area contributed by atoms with Crippen molar-refractivity contribution in [2.45, 2.75) is 62.3 Å². The molecule has 2 atom stereocenters. The van der Waals surface area contributed by atoms with E-state index in [4.69, 9.17) is 4.74 Å². The van der Waals surface area contributed by atoms with Crippen molar-refractivity contribution in [3.63, 3.8) is 0 Å². The number of urea groups is 1. The second-order valence-corrected chi connectivity index (χ2v) is 10.8. The van der Waals surface area contributed by atoms with Gasteiger partial charge in [-0.1, -0.05) is 0 Å². The first-order valence-electron chi connectivity index (χ1n) is 12.0. The number of carbonyl (C=O) groups is 2. The highest BCUT2D eigenvalue weighted by Gasteiger charge is 2.65. The van der Waals surface area contributed by atoms with Crippen LogP contribution in [0.1, 0.15) is 43.5 Å². The molecule has 2 aliphatic carbocycles. The van der Waals surface area contributed by atoms with E-state index in [1.165, 1.54) is 12.4 Å². The highest BCUT2D eigenvalue weighted by molar-refractivity contribution is 5.79. The van der Waals surface area contributed by atoms with Gasteiger partial charge in [-0.3, -0.25) is 14.8 Å². The second kappa shape index (κ2) is 7.53.